The number of allylic oxidation sites excluding steroid dienone is 5. The van der Waals surface area contributed by atoms with E-state index in [1.165, 1.54) is 30.8 Å². The summed E-state index contributed by atoms with van der Waals surface area (Å²) in [5, 5.41) is 0. The number of halogens is 1. The zero-order valence-electron chi connectivity index (χ0n) is 20.6. The molecular formula is C27H30FN7O. The molecule has 0 aliphatic heterocycles. The van der Waals surface area contributed by atoms with Crippen molar-refractivity contribution in [1.29, 1.82) is 0 Å². The Kier molecular flexibility index (Phi) is 10.8. The number of aromatic nitrogens is 2. The highest BCUT2D eigenvalue weighted by atomic mass is 19.1. The van der Waals surface area contributed by atoms with Crippen LogP contribution in [0.1, 0.15) is 16.8 Å². The lowest BCUT2D eigenvalue weighted by atomic mass is 9.99. The zero-order valence-corrected chi connectivity index (χ0v) is 20.6. The second-order valence-corrected chi connectivity index (χ2v) is 7.32. The normalized spacial score (nSPS) is 13.5. The fourth-order valence-electron chi connectivity index (χ4n) is 2.94. The lowest BCUT2D eigenvalue weighted by Crippen LogP contribution is -2.01. The summed E-state index contributed by atoms with van der Waals surface area (Å²) >= 11 is 0. The SMILES string of the molecule is C=C\C=C/C(=C\CN)C(/N=C)=C(/C=NC(C=NC)=CN)c1ccc(Oc2ncc(C)c(C)n2)c(F)c1. The van der Waals surface area contributed by atoms with Crippen molar-refractivity contribution in [2.45, 2.75) is 13.8 Å². The van der Waals surface area contributed by atoms with Gasteiger partial charge in [0.25, 0.3) is 0 Å². The molecule has 0 saturated carbocycles. The Hall–Kier alpha value is -4.50. The first-order chi connectivity index (χ1) is 17.4. The topological polar surface area (TPSA) is 124 Å². The number of nitrogens with zero attached hydrogens (tertiary/aromatic N) is 5. The molecule has 1 aromatic heterocycles. The summed E-state index contributed by atoms with van der Waals surface area (Å²) in [6.07, 6.45) is 12.8. The number of hydrogen-bond donors (Lipinski definition) is 2. The molecule has 0 radical (unpaired) electrons. The predicted molar refractivity (Wildman–Crippen MR) is 146 cm³/mol. The quantitative estimate of drug-likeness (QED) is 0.353. The molecule has 36 heavy (non-hydrogen) atoms. The minimum Gasteiger partial charge on any atom is -0.421 e. The van der Waals surface area contributed by atoms with E-state index >= 15 is 4.39 Å². The molecule has 4 N–H and O–H groups in total. The summed E-state index contributed by atoms with van der Waals surface area (Å²) in [6, 6.07) is 4.51. The summed E-state index contributed by atoms with van der Waals surface area (Å²) < 4.78 is 20.7. The zero-order chi connectivity index (χ0) is 26.5. The first kappa shape index (κ1) is 27.7. The van der Waals surface area contributed by atoms with E-state index in [1.54, 1.807) is 43.6 Å². The van der Waals surface area contributed by atoms with Crippen LogP contribution in [0.3, 0.4) is 0 Å². The maximum atomic E-state index is 15.2. The van der Waals surface area contributed by atoms with Crippen LogP contribution in [0.5, 0.6) is 11.8 Å². The van der Waals surface area contributed by atoms with E-state index < -0.39 is 5.82 Å². The van der Waals surface area contributed by atoms with Gasteiger partial charge in [0.2, 0.25) is 0 Å². The Balaban J connectivity index is 2.65. The number of benzene rings is 1. The van der Waals surface area contributed by atoms with Gasteiger partial charge in [-0.05, 0) is 49.4 Å². The monoisotopic (exact) mass is 487 g/mol. The van der Waals surface area contributed by atoms with E-state index in [1.807, 2.05) is 13.8 Å². The van der Waals surface area contributed by atoms with Gasteiger partial charge in [0.1, 0.15) is 0 Å². The van der Waals surface area contributed by atoms with Crippen molar-refractivity contribution in [2.75, 3.05) is 13.6 Å². The summed E-state index contributed by atoms with van der Waals surface area (Å²) in [6.45, 7) is 11.3. The minimum absolute atomic E-state index is 0.0312. The molecule has 0 aliphatic carbocycles. The van der Waals surface area contributed by atoms with Gasteiger partial charge in [0.05, 0.1) is 11.4 Å². The molecule has 2 aromatic rings. The van der Waals surface area contributed by atoms with E-state index in [2.05, 4.69) is 38.2 Å². The fraction of sp³-hybridized carbons (Fsp3) is 0.148. The van der Waals surface area contributed by atoms with Gasteiger partial charge >= 0.3 is 6.01 Å². The smallest absolute Gasteiger partial charge is 0.322 e. The van der Waals surface area contributed by atoms with Crippen LogP contribution >= 0.6 is 0 Å². The van der Waals surface area contributed by atoms with Crippen molar-refractivity contribution in [3.63, 3.8) is 0 Å². The van der Waals surface area contributed by atoms with Crippen LogP contribution in [0.15, 0.2) is 93.4 Å². The largest absolute Gasteiger partial charge is 0.421 e. The summed E-state index contributed by atoms with van der Waals surface area (Å²) in [4.78, 5) is 20.8. The Labute approximate surface area is 210 Å². The van der Waals surface area contributed by atoms with E-state index in [0.717, 1.165) is 11.3 Å². The molecule has 2 rings (SSSR count). The maximum Gasteiger partial charge on any atom is 0.322 e. The molecule has 186 valence electrons. The van der Waals surface area contributed by atoms with Gasteiger partial charge in [-0.3, -0.25) is 15.0 Å². The maximum absolute atomic E-state index is 15.2. The third-order valence-electron chi connectivity index (χ3n) is 4.86. The number of aryl methyl sites for hydroxylation is 2. The fourth-order valence-corrected chi connectivity index (χ4v) is 2.94. The van der Waals surface area contributed by atoms with Crippen LogP contribution in [0.4, 0.5) is 4.39 Å². The van der Waals surface area contributed by atoms with Crippen LogP contribution in [-0.2, 0) is 0 Å². The van der Waals surface area contributed by atoms with Crippen LogP contribution in [0.2, 0.25) is 0 Å². The van der Waals surface area contributed by atoms with Gasteiger partial charge in [0.15, 0.2) is 11.6 Å². The molecule has 0 bridgehead atoms. The number of rotatable bonds is 11. The van der Waals surface area contributed by atoms with Crippen LogP contribution < -0.4 is 16.2 Å². The van der Waals surface area contributed by atoms with Crippen molar-refractivity contribution in [1.82, 2.24) is 9.97 Å². The van der Waals surface area contributed by atoms with E-state index in [0.29, 0.717) is 28.1 Å². The summed E-state index contributed by atoms with van der Waals surface area (Å²) in [5.74, 6) is -0.657. The molecule has 0 fully saturated rings. The average Bonchev–Trinajstić information content (AvgIpc) is 2.87. The van der Waals surface area contributed by atoms with Crippen LogP contribution in [0, 0.1) is 19.7 Å². The van der Waals surface area contributed by atoms with Crippen LogP contribution in [-0.4, -0.2) is 42.7 Å². The molecular weight excluding hydrogens is 457 g/mol. The van der Waals surface area contributed by atoms with Crippen molar-refractivity contribution in [2.24, 2.45) is 26.4 Å². The van der Waals surface area contributed by atoms with E-state index in [9.17, 15) is 0 Å². The number of hydrogen-bond acceptors (Lipinski definition) is 8. The molecule has 9 heteroatoms. The molecule has 0 atom stereocenters. The second-order valence-electron chi connectivity index (χ2n) is 7.32. The predicted octanol–water partition coefficient (Wildman–Crippen LogP) is 4.64. The minimum atomic E-state index is -0.626. The molecule has 0 amide bonds. The first-order valence-corrected chi connectivity index (χ1v) is 10.9. The standard InChI is InChI=1S/C27H30FN7O/c1-6-7-8-20(11-12-29)26(32-5)23(17-33-22(14-30)16-31-4)21-9-10-25(24(28)13-21)36-27-34-15-18(2)19(3)35-27/h6-11,13-17H,1,5,12,29-30H2,2-4H3/b8-7-,20-11+,22-14?,26-23+,31-16?,33-17?. The van der Waals surface area contributed by atoms with Gasteiger partial charge in [-0.1, -0.05) is 36.9 Å². The molecule has 1 heterocycles. The second kappa shape index (κ2) is 14.0. The Bertz CT molecular complexity index is 1290. The Morgan fingerprint density at radius 2 is 2.03 bits per heavy atom. The first-order valence-electron chi connectivity index (χ1n) is 10.9. The molecule has 0 saturated heterocycles. The number of ether oxygens (including phenoxy) is 1. The summed E-state index contributed by atoms with van der Waals surface area (Å²) in [5.41, 5.74) is 15.5. The van der Waals surface area contributed by atoms with Gasteiger partial charge < -0.3 is 16.2 Å². The third-order valence-corrected chi connectivity index (χ3v) is 4.86. The lowest BCUT2D eigenvalue weighted by molar-refractivity contribution is 0.409. The molecule has 0 unspecified atom stereocenters. The number of nitrogens with two attached hydrogens (primary N) is 2. The van der Waals surface area contributed by atoms with Gasteiger partial charge in [0, 0.05) is 49.7 Å². The highest BCUT2D eigenvalue weighted by Gasteiger charge is 2.15. The van der Waals surface area contributed by atoms with E-state index in [-0.39, 0.29) is 18.3 Å². The highest BCUT2D eigenvalue weighted by molar-refractivity contribution is 6.13. The Morgan fingerprint density at radius 3 is 2.61 bits per heavy atom. The van der Waals surface area contributed by atoms with Gasteiger partial charge in [-0.25, -0.2) is 9.37 Å². The third kappa shape index (κ3) is 7.51. The molecule has 1 aromatic carbocycles. The van der Waals surface area contributed by atoms with Crippen molar-refractivity contribution in [3.05, 3.63) is 101 Å². The lowest BCUT2D eigenvalue weighted by Gasteiger charge is -2.12. The van der Waals surface area contributed by atoms with Crippen molar-refractivity contribution >= 4 is 24.7 Å². The van der Waals surface area contributed by atoms with Gasteiger partial charge in [-0.15, -0.1) is 0 Å². The molecule has 0 aliphatic rings. The summed E-state index contributed by atoms with van der Waals surface area (Å²) in [7, 11) is 1.60. The van der Waals surface area contributed by atoms with Gasteiger partial charge in [-0.2, -0.15) is 4.98 Å². The molecule has 8 nitrogen and oxygen atoms in total. The van der Waals surface area contributed by atoms with E-state index in [4.69, 9.17) is 16.2 Å². The highest BCUT2D eigenvalue weighted by Crippen LogP contribution is 2.29. The molecule has 0 spiro atoms. The Morgan fingerprint density at radius 1 is 1.25 bits per heavy atom. The van der Waals surface area contributed by atoms with Crippen LogP contribution in [0.25, 0.3) is 5.57 Å². The average molecular weight is 488 g/mol. The van der Waals surface area contributed by atoms with Crippen molar-refractivity contribution < 1.29 is 9.13 Å². The van der Waals surface area contributed by atoms with Crippen molar-refractivity contribution in [3.8, 4) is 11.8 Å². The number of aliphatic imine (C=N–C) groups is 3.